The molecule has 0 aliphatic heterocycles. The first-order chi connectivity index (χ1) is 10.0. The molecular formula is C14H18N2O5. The van der Waals surface area contributed by atoms with Crippen LogP contribution in [0.15, 0.2) is 24.3 Å². The highest BCUT2D eigenvalue weighted by Gasteiger charge is 2.08. The topological polar surface area (TPSA) is 108 Å². The SMILES string of the molecule is CCc1ccc(OCC(=O)OCC(=O)NCC(N)=O)cc1. The molecule has 0 saturated heterocycles. The lowest BCUT2D eigenvalue weighted by atomic mass is 10.2. The van der Waals surface area contributed by atoms with E-state index in [-0.39, 0.29) is 13.2 Å². The molecule has 1 rings (SSSR count). The van der Waals surface area contributed by atoms with Gasteiger partial charge in [-0.15, -0.1) is 0 Å². The number of nitrogens with two attached hydrogens (primary N) is 1. The van der Waals surface area contributed by atoms with E-state index in [0.717, 1.165) is 12.0 Å². The minimum Gasteiger partial charge on any atom is -0.482 e. The number of ether oxygens (including phenoxy) is 2. The van der Waals surface area contributed by atoms with Crippen LogP contribution in [0.3, 0.4) is 0 Å². The monoisotopic (exact) mass is 294 g/mol. The number of nitrogens with one attached hydrogen (secondary N) is 1. The summed E-state index contributed by atoms with van der Waals surface area (Å²) in [7, 11) is 0. The van der Waals surface area contributed by atoms with Gasteiger partial charge in [0.1, 0.15) is 5.75 Å². The third-order valence-electron chi connectivity index (χ3n) is 2.51. The zero-order chi connectivity index (χ0) is 15.7. The molecule has 2 amide bonds. The lowest BCUT2D eigenvalue weighted by Crippen LogP contribution is -2.36. The highest BCUT2D eigenvalue weighted by atomic mass is 16.6. The third kappa shape index (κ3) is 6.95. The van der Waals surface area contributed by atoms with Gasteiger partial charge in [-0.1, -0.05) is 19.1 Å². The molecule has 0 fully saturated rings. The van der Waals surface area contributed by atoms with Crippen molar-refractivity contribution >= 4 is 17.8 Å². The first kappa shape index (κ1) is 16.5. The Labute approximate surface area is 122 Å². The van der Waals surface area contributed by atoms with Gasteiger partial charge in [0, 0.05) is 0 Å². The van der Waals surface area contributed by atoms with E-state index in [2.05, 4.69) is 10.1 Å². The summed E-state index contributed by atoms with van der Waals surface area (Å²) in [6, 6.07) is 7.31. The molecule has 1 aromatic rings. The normalized spacial score (nSPS) is 9.76. The van der Waals surface area contributed by atoms with Gasteiger partial charge in [-0.25, -0.2) is 4.79 Å². The molecule has 0 spiro atoms. The Kier molecular flexibility index (Phi) is 6.73. The van der Waals surface area contributed by atoms with E-state index in [4.69, 9.17) is 10.5 Å². The van der Waals surface area contributed by atoms with Crippen LogP contribution in [-0.2, 0) is 25.5 Å². The summed E-state index contributed by atoms with van der Waals surface area (Å²) in [6.07, 6.45) is 0.919. The number of aryl methyl sites for hydroxylation is 1. The van der Waals surface area contributed by atoms with Gasteiger partial charge in [-0.05, 0) is 24.1 Å². The summed E-state index contributed by atoms with van der Waals surface area (Å²) in [5, 5.41) is 2.19. The van der Waals surface area contributed by atoms with Crippen molar-refractivity contribution in [2.75, 3.05) is 19.8 Å². The highest BCUT2D eigenvalue weighted by Crippen LogP contribution is 2.12. The van der Waals surface area contributed by atoms with Crippen LogP contribution in [0.4, 0.5) is 0 Å². The number of hydrogen-bond acceptors (Lipinski definition) is 5. The number of amides is 2. The van der Waals surface area contributed by atoms with Crippen molar-refractivity contribution in [3.63, 3.8) is 0 Å². The van der Waals surface area contributed by atoms with Gasteiger partial charge in [-0.2, -0.15) is 0 Å². The number of benzene rings is 1. The maximum Gasteiger partial charge on any atom is 0.344 e. The van der Waals surface area contributed by atoms with Crippen molar-refractivity contribution in [1.29, 1.82) is 0 Å². The number of carbonyl (C=O) groups is 3. The van der Waals surface area contributed by atoms with E-state index in [1.54, 1.807) is 12.1 Å². The molecule has 114 valence electrons. The van der Waals surface area contributed by atoms with Gasteiger partial charge >= 0.3 is 5.97 Å². The van der Waals surface area contributed by atoms with Gasteiger partial charge in [0.15, 0.2) is 13.2 Å². The molecule has 0 aliphatic carbocycles. The second kappa shape index (κ2) is 8.57. The predicted molar refractivity (Wildman–Crippen MR) is 74.5 cm³/mol. The number of esters is 1. The van der Waals surface area contributed by atoms with E-state index < -0.39 is 24.4 Å². The Hall–Kier alpha value is -2.57. The zero-order valence-corrected chi connectivity index (χ0v) is 11.8. The van der Waals surface area contributed by atoms with Crippen LogP contribution in [0.25, 0.3) is 0 Å². The largest absolute Gasteiger partial charge is 0.482 e. The minimum absolute atomic E-state index is 0.295. The van der Waals surface area contributed by atoms with Crippen LogP contribution in [0, 0.1) is 0 Å². The molecule has 7 nitrogen and oxygen atoms in total. The maximum atomic E-state index is 11.4. The number of rotatable bonds is 8. The summed E-state index contributed by atoms with van der Waals surface area (Å²) in [4.78, 5) is 32.9. The summed E-state index contributed by atoms with van der Waals surface area (Å²) < 4.78 is 9.89. The fourth-order valence-corrected chi connectivity index (χ4v) is 1.39. The van der Waals surface area contributed by atoms with Crippen molar-refractivity contribution in [3.8, 4) is 5.75 Å². The molecule has 21 heavy (non-hydrogen) atoms. The van der Waals surface area contributed by atoms with Crippen LogP contribution >= 0.6 is 0 Å². The predicted octanol–water partition coefficient (Wildman–Crippen LogP) is -0.227. The van der Waals surface area contributed by atoms with Gasteiger partial charge in [0.05, 0.1) is 6.54 Å². The molecule has 0 heterocycles. The van der Waals surface area contributed by atoms with Crippen molar-refractivity contribution in [1.82, 2.24) is 5.32 Å². The molecule has 0 unspecified atom stereocenters. The van der Waals surface area contributed by atoms with Gasteiger partial charge in [-0.3, -0.25) is 9.59 Å². The standard InChI is InChI=1S/C14H18N2O5/c1-2-10-3-5-11(6-4-10)20-9-14(19)21-8-13(18)16-7-12(15)17/h3-6H,2,7-9H2,1H3,(H2,15,17)(H,16,18). The van der Waals surface area contributed by atoms with Crippen molar-refractivity contribution in [3.05, 3.63) is 29.8 Å². The highest BCUT2D eigenvalue weighted by molar-refractivity contribution is 5.85. The number of carbonyl (C=O) groups excluding carboxylic acids is 3. The minimum atomic E-state index is -0.677. The zero-order valence-electron chi connectivity index (χ0n) is 11.8. The molecule has 0 saturated carbocycles. The third-order valence-corrected chi connectivity index (χ3v) is 2.51. The van der Waals surface area contributed by atoms with Crippen LogP contribution in [0.2, 0.25) is 0 Å². The van der Waals surface area contributed by atoms with Crippen molar-refractivity contribution < 1.29 is 23.9 Å². The van der Waals surface area contributed by atoms with Gasteiger partial charge in [0.25, 0.3) is 5.91 Å². The fraction of sp³-hybridized carbons (Fsp3) is 0.357. The van der Waals surface area contributed by atoms with E-state index in [1.807, 2.05) is 19.1 Å². The Bertz CT molecular complexity index is 499. The lowest BCUT2D eigenvalue weighted by Gasteiger charge is -2.07. The van der Waals surface area contributed by atoms with E-state index in [0.29, 0.717) is 5.75 Å². The molecule has 0 aliphatic rings. The summed E-state index contributed by atoms with van der Waals surface area (Å²) in [5.41, 5.74) is 6.01. The second-order valence-electron chi connectivity index (χ2n) is 4.19. The fourth-order valence-electron chi connectivity index (χ4n) is 1.39. The summed E-state index contributed by atoms with van der Waals surface area (Å²) >= 11 is 0. The van der Waals surface area contributed by atoms with Crippen molar-refractivity contribution in [2.24, 2.45) is 5.73 Å². The lowest BCUT2D eigenvalue weighted by molar-refractivity contribution is -0.150. The first-order valence-corrected chi connectivity index (χ1v) is 6.43. The van der Waals surface area contributed by atoms with Crippen molar-refractivity contribution in [2.45, 2.75) is 13.3 Å². The molecule has 0 bridgehead atoms. The summed E-state index contributed by atoms with van der Waals surface area (Å²) in [5.74, 6) is -1.41. The van der Waals surface area contributed by atoms with Crippen LogP contribution in [0.1, 0.15) is 12.5 Å². The second-order valence-corrected chi connectivity index (χ2v) is 4.19. The van der Waals surface area contributed by atoms with Crippen LogP contribution in [0.5, 0.6) is 5.75 Å². The van der Waals surface area contributed by atoms with E-state index >= 15 is 0 Å². The maximum absolute atomic E-state index is 11.4. The van der Waals surface area contributed by atoms with E-state index in [1.165, 1.54) is 0 Å². The molecular weight excluding hydrogens is 276 g/mol. The molecule has 3 N–H and O–H groups in total. The van der Waals surface area contributed by atoms with E-state index in [9.17, 15) is 14.4 Å². The Morgan fingerprint density at radius 2 is 1.81 bits per heavy atom. The van der Waals surface area contributed by atoms with Crippen LogP contribution < -0.4 is 15.8 Å². The molecule has 7 heteroatoms. The average molecular weight is 294 g/mol. The Morgan fingerprint density at radius 1 is 1.14 bits per heavy atom. The van der Waals surface area contributed by atoms with Gasteiger partial charge < -0.3 is 20.5 Å². The molecule has 0 radical (unpaired) electrons. The quantitative estimate of drug-likeness (QED) is 0.644. The van der Waals surface area contributed by atoms with Crippen LogP contribution in [-0.4, -0.2) is 37.5 Å². The molecule has 1 aromatic carbocycles. The number of hydrogen-bond donors (Lipinski definition) is 2. The average Bonchev–Trinajstić information content (AvgIpc) is 2.49. The number of primary amides is 1. The smallest absolute Gasteiger partial charge is 0.344 e. The Balaban J connectivity index is 2.24. The molecule has 0 atom stereocenters. The first-order valence-electron chi connectivity index (χ1n) is 6.43. The Morgan fingerprint density at radius 3 is 2.38 bits per heavy atom. The van der Waals surface area contributed by atoms with Gasteiger partial charge in [0.2, 0.25) is 5.91 Å². The summed E-state index contributed by atoms with van der Waals surface area (Å²) in [6.45, 7) is 0.964. The molecule has 0 aromatic heterocycles.